The van der Waals surface area contributed by atoms with Crippen LogP contribution >= 0.6 is 11.6 Å². The summed E-state index contributed by atoms with van der Waals surface area (Å²) >= 11 is 5.88. The Hall–Kier alpha value is -1.48. The molecule has 8 heteroatoms. The quantitative estimate of drug-likeness (QED) is 0.386. The molecule has 0 atom stereocenters. The van der Waals surface area contributed by atoms with Gasteiger partial charge in [-0.1, -0.05) is 38.1 Å². The molecule has 0 aliphatic rings. The van der Waals surface area contributed by atoms with Gasteiger partial charge in [0.25, 0.3) is 5.91 Å². The number of pyridine rings is 1. The van der Waals surface area contributed by atoms with Gasteiger partial charge < -0.3 is 14.2 Å². The third-order valence-corrected chi connectivity index (χ3v) is 3.98. The van der Waals surface area contributed by atoms with Crippen LogP contribution in [0.15, 0.2) is 59.4 Å². The number of nitrogens with one attached hydrogen (secondary N) is 1. The molecule has 0 aliphatic carbocycles. The maximum absolute atomic E-state index is 12.0. The molecular formula is C21H19ClKN4O2-. The Morgan fingerprint density at radius 2 is 1.90 bits per heavy atom. The standard InChI is InChI=1S/C14H9ClN3O.C7H10NO.K/c15-10-6-7-13-17-12(9-18(13)8-10)14(19)16-11-4-2-1-3-5-11;1-7(2,3)6-4-5-8-9-6;/h2-9H,(H,16,19);4H,1-3H3;/q2*-1;+1. The number of anilines is 1. The molecule has 0 unspecified atom stereocenters. The van der Waals surface area contributed by atoms with E-state index < -0.39 is 0 Å². The van der Waals surface area contributed by atoms with Crippen LogP contribution < -0.4 is 56.7 Å². The van der Waals surface area contributed by atoms with Crippen LogP contribution in [-0.4, -0.2) is 20.4 Å². The number of carbonyl (C=O) groups excluding carboxylic acids is 1. The predicted molar refractivity (Wildman–Crippen MR) is 107 cm³/mol. The summed E-state index contributed by atoms with van der Waals surface area (Å²) in [6.07, 6.45) is 5.97. The maximum Gasteiger partial charge on any atom is 1.00 e. The third-order valence-electron chi connectivity index (χ3n) is 3.76. The molecule has 0 radical (unpaired) electrons. The molecule has 0 aliphatic heterocycles. The summed E-state index contributed by atoms with van der Waals surface area (Å²) < 4.78 is 6.61. The number of imidazole rings is 1. The summed E-state index contributed by atoms with van der Waals surface area (Å²) in [5, 5.41) is 6.85. The molecule has 144 valence electrons. The van der Waals surface area contributed by atoms with Crippen molar-refractivity contribution in [3.8, 4) is 0 Å². The van der Waals surface area contributed by atoms with E-state index in [2.05, 4.69) is 48.5 Å². The molecule has 0 saturated carbocycles. The first-order valence-corrected chi connectivity index (χ1v) is 8.96. The first-order valence-electron chi connectivity index (χ1n) is 8.58. The largest absolute Gasteiger partial charge is 1.00 e. The van der Waals surface area contributed by atoms with Crippen LogP contribution in [0.4, 0.5) is 5.69 Å². The number of carbonyl (C=O) groups is 1. The van der Waals surface area contributed by atoms with E-state index in [4.69, 9.17) is 16.1 Å². The van der Waals surface area contributed by atoms with Crippen molar-refractivity contribution in [3.05, 3.63) is 83.6 Å². The summed E-state index contributed by atoms with van der Waals surface area (Å²) in [6, 6.07) is 15.2. The number of aromatic nitrogens is 3. The normalized spacial score (nSPS) is 10.6. The molecule has 4 rings (SSSR count). The van der Waals surface area contributed by atoms with Crippen LogP contribution in [0, 0.1) is 12.3 Å². The van der Waals surface area contributed by atoms with Gasteiger partial charge in [-0.3, -0.25) is 4.79 Å². The third kappa shape index (κ3) is 6.77. The minimum Gasteiger partial charge on any atom is -0.470 e. The van der Waals surface area contributed by atoms with E-state index in [0.29, 0.717) is 22.1 Å². The zero-order valence-electron chi connectivity index (χ0n) is 16.7. The summed E-state index contributed by atoms with van der Waals surface area (Å²) in [5.41, 5.74) is 1.79. The van der Waals surface area contributed by atoms with E-state index in [-0.39, 0.29) is 62.7 Å². The van der Waals surface area contributed by atoms with Gasteiger partial charge in [-0.2, -0.15) is 24.3 Å². The van der Waals surface area contributed by atoms with Crippen LogP contribution in [0.1, 0.15) is 37.0 Å². The second kappa shape index (κ2) is 10.5. The van der Waals surface area contributed by atoms with E-state index >= 15 is 0 Å². The van der Waals surface area contributed by atoms with Crippen molar-refractivity contribution in [3.63, 3.8) is 0 Å². The molecule has 6 nitrogen and oxygen atoms in total. The average molecular weight is 434 g/mol. The molecule has 1 aromatic carbocycles. The van der Waals surface area contributed by atoms with Gasteiger partial charge in [-0.25, -0.2) is 10.1 Å². The van der Waals surface area contributed by atoms with E-state index in [0.717, 1.165) is 5.76 Å². The van der Waals surface area contributed by atoms with Gasteiger partial charge in [-0.15, -0.1) is 18.3 Å². The van der Waals surface area contributed by atoms with Gasteiger partial charge in [0.05, 0.1) is 5.02 Å². The average Bonchev–Trinajstić information content (AvgIpc) is 3.32. The molecule has 4 aromatic rings. The zero-order valence-corrected chi connectivity index (χ0v) is 20.6. The summed E-state index contributed by atoms with van der Waals surface area (Å²) in [6.45, 7) is 6.21. The Kier molecular flexibility index (Phi) is 8.63. The minimum atomic E-state index is -0.258. The Morgan fingerprint density at radius 3 is 2.48 bits per heavy atom. The Morgan fingerprint density at radius 1 is 1.17 bits per heavy atom. The Balaban J connectivity index is 0.000000255. The predicted octanol–water partition coefficient (Wildman–Crippen LogP) is 1.82. The summed E-state index contributed by atoms with van der Waals surface area (Å²) in [5.74, 6) is 0.619. The maximum atomic E-state index is 12.0. The molecule has 0 bridgehead atoms. The number of rotatable bonds is 2. The van der Waals surface area contributed by atoms with Crippen LogP contribution in [0.25, 0.3) is 5.65 Å². The number of fused-ring (bicyclic) bond motifs is 1. The summed E-state index contributed by atoms with van der Waals surface area (Å²) in [7, 11) is 0. The molecule has 3 aromatic heterocycles. The zero-order chi connectivity index (χ0) is 20.1. The SMILES string of the molecule is CC(C)(C)c1c[c-]no1.O=C(Nc1cc[c-]cc1)c1cn2cc(Cl)ccc2n1.[K+]. The van der Waals surface area contributed by atoms with Gasteiger partial charge in [-0.05, 0) is 23.3 Å². The van der Waals surface area contributed by atoms with Gasteiger partial charge in [0.15, 0.2) is 0 Å². The van der Waals surface area contributed by atoms with E-state index in [1.54, 1.807) is 59.3 Å². The molecule has 1 amide bonds. The van der Waals surface area contributed by atoms with Crippen LogP contribution in [0.5, 0.6) is 0 Å². The van der Waals surface area contributed by atoms with Crippen molar-refractivity contribution in [2.75, 3.05) is 5.32 Å². The van der Waals surface area contributed by atoms with Crippen molar-refractivity contribution in [2.45, 2.75) is 26.2 Å². The monoisotopic (exact) mass is 433 g/mol. The number of halogens is 1. The molecule has 0 saturated heterocycles. The van der Waals surface area contributed by atoms with Gasteiger partial charge in [0, 0.05) is 12.4 Å². The van der Waals surface area contributed by atoms with Crippen molar-refractivity contribution in [1.29, 1.82) is 0 Å². The second-order valence-corrected chi connectivity index (χ2v) is 7.49. The van der Waals surface area contributed by atoms with Crippen molar-refractivity contribution in [1.82, 2.24) is 14.5 Å². The van der Waals surface area contributed by atoms with Gasteiger partial charge in [0.1, 0.15) is 11.3 Å². The fourth-order valence-electron chi connectivity index (χ4n) is 2.28. The number of benzene rings is 1. The number of nitrogens with zero attached hydrogens (tertiary/aromatic N) is 3. The van der Waals surface area contributed by atoms with Gasteiger partial charge >= 0.3 is 51.4 Å². The fraction of sp³-hybridized carbons (Fsp3) is 0.190. The van der Waals surface area contributed by atoms with Gasteiger partial charge in [0.2, 0.25) is 0 Å². The minimum absolute atomic E-state index is 0. The topological polar surface area (TPSA) is 72.4 Å². The fourth-order valence-corrected chi connectivity index (χ4v) is 2.45. The first-order chi connectivity index (χ1) is 13.3. The Bertz CT molecular complexity index is 1060. The van der Waals surface area contributed by atoms with E-state index in [1.165, 1.54) is 0 Å². The van der Waals surface area contributed by atoms with Crippen LogP contribution in [0.3, 0.4) is 0 Å². The molecule has 0 spiro atoms. The number of amides is 1. The van der Waals surface area contributed by atoms with Crippen molar-refractivity contribution in [2.24, 2.45) is 0 Å². The van der Waals surface area contributed by atoms with Crippen molar-refractivity contribution >= 4 is 28.8 Å². The molecule has 3 heterocycles. The molecule has 29 heavy (non-hydrogen) atoms. The molecule has 0 fully saturated rings. The molecule has 1 N–H and O–H groups in total. The van der Waals surface area contributed by atoms with Crippen molar-refractivity contribution < 1.29 is 60.7 Å². The van der Waals surface area contributed by atoms with Crippen LogP contribution in [-0.2, 0) is 5.41 Å². The first kappa shape index (κ1) is 23.8. The smallest absolute Gasteiger partial charge is 0.470 e. The van der Waals surface area contributed by atoms with E-state index in [1.807, 2.05) is 0 Å². The molecular weight excluding hydrogens is 415 g/mol. The van der Waals surface area contributed by atoms with E-state index in [9.17, 15) is 4.79 Å². The number of hydrogen-bond donors (Lipinski definition) is 1. The Labute approximate surface area is 217 Å². The number of hydrogen-bond acceptors (Lipinski definition) is 4. The summed E-state index contributed by atoms with van der Waals surface area (Å²) in [4.78, 5) is 16.3. The second-order valence-electron chi connectivity index (χ2n) is 7.05. The van der Waals surface area contributed by atoms with Crippen LogP contribution in [0.2, 0.25) is 5.02 Å².